The molecule has 0 saturated heterocycles. The smallest absolute Gasteiger partial charge is 0.289 e. The Kier molecular flexibility index (Phi) is 3.72. The zero-order valence-corrected chi connectivity index (χ0v) is 14.0. The minimum Gasteiger partial charge on any atom is -0.494 e. The zero-order valence-electron chi connectivity index (χ0n) is 14.0. The van der Waals surface area contributed by atoms with Gasteiger partial charge in [0.05, 0.1) is 13.7 Å². The minimum absolute atomic E-state index is 0.180. The van der Waals surface area contributed by atoms with E-state index in [1.807, 2.05) is 35.9 Å². The van der Waals surface area contributed by atoms with Crippen LogP contribution in [0.15, 0.2) is 24.4 Å². The standard InChI is InChI=1S/C17H18N6O2/c1-10-8-19-15-11(4-3-5-12(15)25-2)14(10)20-9-13-21-22-16-17(24)18-6-7-23(13)16/h3-5,8H,6-7,9H2,1-2H3,(H,18,24)(H,19,20). The average Bonchev–Trinajstić information content (AvgIpc) is 3.05. The monoisotopic (exact) mass is 338 g/mol. The van der Waals surface area contributed by atoms with Crippen LogP contribution < -0.4 is 15.4 Å². The number of para-hydroxylation sites is 1. The predicted molar refractivity (Wildman–Crippen MR) is 92.7 cm³/mol. The molecular weight excluding hydrogens is 320 g/mol. The molecular formula is C17H18N6O2. The lowest BCUT2D eigenvalue weighted by Crippen LogP contribution is -2.36. The summed E-state index contributed by atoms with van der Waals surface area (Å²) in [6.07, 6.45) is 1.82. The Morgan fingerprint density at radius 3 is 3.08 bits per heavy atom. The first kappa shape index (κ1) is 15.4. The molecule has 0 fully saturated rings. The van der Waals surface area contributed by atoms with Crippen LogP contribution in [-0.4, -0.2) is 39.3 Å². The molecule has 2 aromatic heterocycles. The highest BCUT2D eigenvalue weighted by Crippen LogP contribution is 2.31. The van der Waals surface area contributed by atoms with Gasteiger partial charge < -0.3 is 19.9 Å². The van der Waals surface area contributed by atoms with E-state index >= 15 is 0 Å². The van der Waals surface area contributed by atoms with Gasteiger partial charge in [-0.2, -0.15) is 0 Å². The lowest BCUT2D eigenvalue weighted by molar-refractivity contribution is 0.0921. The second-order valence-electron chi connectivity index (χ2n) is 5.87. The number of nitrogens with one attached hydrogen (secondary N) is 2. The molecule has 2 N–H and O–H groups in total. The van der Waals surface area contributed by atoms with Crippen LogP contribution in [0.1, 0.15) is 22.0 Å². The molecule has 0 atom stereocenters. The number of carbonyl (C=O) groups is 1. The number of nitrogens with zero attached hydrogens (tertiary/aromatic N) is 4. The normalized spacial score (nSPS) is 13.4. The van der Waals surface area contributed by atoms with Gasteiger partial charge in [-0.3, -0.25) is 9.78 Å². The van der Waals surface area contributed by atoms with E-state index in [1.54, 1.807) is 7.11 Å². The highest BCUT2D eigenvalue weighted by atomic mass is 16.5. The summed E-state index contributed by atoms with van der Waals surface area (Å²) in [7, 11) is 1.64. The summed E-state index contributed by atoms with van der Waals surface area (Å²) >= 11 is 0. The number of pyridine rings is 1. The molecule has 1 aliphatic heterocycles. The maximum absolute atomic E-state index is 11.8. The first-order valence-electron chi connectivity index (χ1n) is 8.05. The van der Waals surface area contributed by atoms with Crippen molar-refractivity contribution < 1.29 is 9.53 Å². The van der Waals surface area contributed by atoms with Gasteiger partial charge in [0.25, 0.3) is 5.91 Å². The number of anilines is 1. The molecule has 1 aliphatic rings. The number of carbonyl (C=O) groups excluding carboxylic acids is 1. The van der Waals surface area contributed by atoms with Crippen LogP contribution in [0.3, 0.4) is 0 Å². The Balaban J connectivity index is 1.68. The van der Waals surface area contributed by atoms with Crippen LogP contribution >= 0.6 is 0 Å². The molecule has 8 nitrogen and oxygen atoms in total. The van der Waals surface area contributed by atoms with Crippen LogP contribution in [0.5, 0.6) is 5.75 Å². The van der Waals surface area contributed by atoms with Gasteiger partial charge in [-0.1, -0.05) is 12.1 Å². The first-order valence-corrected chi connectivity index (χ1v) is 8.05. The number of rotatable bonds is 4. The second kappa shape index (κ2) is 6.04. The van der Waals surface area contributed by atoms with Crippen LogP contribution in [0, 0.1) is 6.92 Å². The van der Waals surface area contributed by atoms with E-state index in [4.69, 9.17) is 4.74 Å². The fraction of sp³-hybridized carbons (Fsp3) is 0.294. The molecule has 0 aliphatic carbocycles. The predicted octanol–water partition coefficient (Wildman–Crippen LogP) is 1.50. The van der Waals surface area contributed by atoms with E-state index in [0.29, 0.717) is 25.5 Å². The molecule has 3 aromatic rings. The third-order valence-electron chi connectivity index (χ3n) is 4.34. The summed E-state index contributed by atoms with van der Waals surface area (Å²) in [6, 6.07) is 5.84. The second-order valence-corrected chi connectivity index (χ2v) is 5.87. The number of aryl methyl sites for hydroxylation is 1. The highest BCUT2D eigenvalue weighted by Gasteiger charge is 2.22. The summed E-state index contributed by atoms with van der Waals surface area (Å²) in [5.74, 6) is 1.65. The van der Waals surface area contributed by atoms with Gasteiger partial charge in [0.1, 0.15) is 11.3 Å². The highest BCUT2D eigenvalue weighted by molar-refractivity contribution is 5.96. The minimum atomic E-state index is -0.180. The fourth-order valence-electron chi connectivity index (χ4n) is 3.09. The van der Waals surface area contributed by atoms with Crippen molar-refractivity contribution >= 4 is 22.5 Å². The van der Waals surface area contributed by atoms with Gasteiger partial charge in [-0.15, -0.1) is 10.2 Å². The van der Waals surface area contributed by atoms with Gasteiger partial charge in [-0.05, 0) is 18.6 Å². The van der Waals surface area contributed by atoms with E-state index in [2.05, 4.69) is 25.8 Å². The Bertz CT molecular complexity index is 965. The van der Waals surface area contributed by atoms with Crippen molar-refractivity contribution in [2.75, 3.05) is 19.0 Å². The third kappa shape index (κ3) is 2.55. The van der Waals surface area contributed by atoms with Gasteiger partial charge in [0, 0.05) is 30.4 Å². The van der Waals surface area contributed by atoms with E-state index in [9.17, 15) is 4.79 Å². The van der Waals surface area contributed by atoms with Crippen LogP contribution in [0.2, 0.25) is 0 Å². The molecule has 8 heteroatoms. The van der Waals surface area contributed by atoms with E-state index in [0.717, 1.165) is 33.7 Å². The number of hydrogen-bond acceptors (Lipinski definition) is 6. The average molecular weight is 338 g/mol. The fourth-order valence-corrected chi connectivity index (χ4v) is 3.09. The van der Waals surface area contributed by atoms with Crippen molar-refractivity contribution in [3.63, 3.8) is 0 Å². The quantitative estimate of drug-likeness (QED) is 0.749. The number of aromatic nitrogens is 4. The molecule has 0 unspecified atom stereocenters. The number of benzene rings is 1. The lowest BCUT2D eigenvalue weighted by Gasteiger charge is -2.17. The number of ether oxygens (including phenoxy) is 1. The van der Waals surface area contributed by atoms with E-state index in [-0.39, 0.29) is 5.91 Å². The van der Waals surface area contributed by atoms with Crippen LogP contribution in [0.4, 0.5) is 5.69 Å². The van der Waals surface area contributed by atoms with Crippen molar-refractivity contribution in [1.29, 1.82) is 0 Å². The number of hydrogen-bond donors (Lipinski definition) is 2. The summed E-state index contributed by atoms with van der Waals surface area (Å²) in [5.41, 5.74) is 2.80. The molecule has 1 amide bonds. The summed E-state index contributed by atoms with van der Waals surface area (Å²) < 4.78 is 7.25. The molecule has 0 saturated carbocycles. The molecule has 3 heterocycles. The molecule has 0 bridgehead atoms. The van der Waals surface area contributed by atoms with Gasteiger partial charge in [0.2, 0.25) is 5.82 Å². The first-order chi connectivity index (χ1) is 12.2. The van der Waals surface area contributed by atoms with Crippen molar-refractivity contribution in [2.45, 2.75) is 20.0 Å². The maximum atomic E-state index is 11.8. The van der Waals surface area contributed by atoms with Gasteiger partial charge >= 0.3 is 0 Å². The largest absolute Gasteiger partial charge is 0.494 e. The van der Waals surface area contributed by atoms with Crippen molar-refractivity contribution in [3.05, 3.63) is 41.6 Å². The molecule has 25 heavy (non-hydrogen) atoms. The van der Waals surface area contributed by atoms with E-state index < -0.39 is 0 Å². The molecule has 0 spiro atoms. The number of fused-ring (bicyclic) bond motifs is 2. The summed E-state index contributed by atoms with van der Waals surface area (Å²) in [5, 5.41) is 15.3. The molecule has 128 valence electrons. The Labute approximate surface area is 144 Å². The lowest BCUT2D eigenvalue weighted by atomic mass is 10.1. The molecule has 4 rings (SSSR count). The van der Waals surface area contributed by atoms with Crippen LogP contribution in [0.25, 0.3) is 10.9 Å². The molecule has 0 radical (unpaired) electrons. The Hall–Kier alpha value is -3.16. The molecule has 1 aromatic carbocycles. The van der Waals surface area contributed by atoms with Gasteiger partial charge in [-0.25, -0.2) is 0 Å². The Morgan fingerprint density at radius 2 is 2.24 bits per heavy atom. The van der Waals surface area contributed by atoms with Crippen LogP contribution in [-0.2, 0) is 13.1 Å². The summed E-state index contributed by atoms with van der Waals surface area (Å²) in [6.45, 7) is 3.73. The van der Waals surface area contributed by atoms with Crippen molar-refractivity contribution in [1.82, 2.24) is 25.1 Å². The maximum Gasteiger partial charge on any atom is 0.289 e. The summed E-state index contributed by atoms with van der Waals surface area (Å²) in [4.78, 5) is 16.3. The Morgan fingerprint density at radius 1 is 1.36 bits per heavy atom. The number of amides is 1. The number of methoxy groups -OCH3 is 1. The zero-order chi connectivity index (χ0) is 17.4. The van der Waals surface area contributed by atoms with Gasteiger partial charge in [0.15, 0.2) is 5.82 Å². The SMILES string of the molecule is COc1cccc2c(NCc3nnc4n3CCNC4=O)c(C)cnc12. The topological polar surface area (TPSA) is 94.0 Å². The van der Waals surface area contributed by atoms with Crippen molar-refractivity contribution in [3.8, 4) is 5.75 Å². The van der Waals surface area contributed by atoms with E-state index in [1.165, 1.54) is 0 Å². The van der Waals surface area contributed by atoms with Crippen molar-refractivity contribution in [2.24, 2.45) is 0 Å². The third-order valence-corrected chi connectivity index (χ3v) is 4.34.